The van der Waals surface area contributed by atoms with Crippen LogP contribution in [0.4, 0.5) is 0 Å². The second-order valence-electron chi connectivity index (χ2n) is 4.71. The highest BCUT2D eigenvalue weighted by molar-refractivity contribution is 6.32. The molecule has 2 rings (SSSR count). The average Bonchev–Trinajstić information content (AvgIpc) is 2.46. The molecule has 114 valence electrons. The van der Waals surface area contributed by atoms with E-state index < -0.39 is 5.97 Å². The lowest BCUT2D eigenvalue weighted by atomic mass is 10.1. The van der Waals surface area contributed by atoms with Crippen LogP contribution in [0.2, 0.25) is 5.02 Å². The SMILES string of the molecule is CN(CCCC(=O)O)C(=O)c1cc(Cl)c2c(c1)OCCO2. The molecular weight excluding hydrogens is 298 g/mol. The Morgan fingerprint density at radius 3 is 2.76 bits per heavy atom. The van der Waals surface area contributed by atoms with Gasteiger partial charge in [0.05, 0.1) is 5.02 Å². The maximum Gasteiger partial charge on any atom is 0.303 e. The third kappa shape index (κ3) is 3.78. The van der Waals surface area contributed by atoms with Gasteiger partial charge in [-0.1, -0.05) is 11.6 Å². The monoisotopic (exact) mass is 313 g/mol. The first kappa shape index (κ1) is 15.4. The fourth-order valence-corrected chi connectivity index (χ4v) is 2.29. The largest absolute Gasteiger partial charge is 0.486 e. The molecule has 1 N–H and O–H groups in total. The summed E-state index contributed by atoms with van der Waals surface area (Å²) in [6.45, 7) is 1.20. The molecule has 7 heteroatoms. The number of carbonyl (C=O) groups excluding carboxylic acids is 1. The van der Waals surface area contributed by atoms with Crippen LogP contribution in [-0.4, -0.2) is 48.7 Å². The maximum atomic E-state index is 12.3. The van der Waals surface area contributed by atoms with Crippen LogP contribution >= 0.6 is 11.6 Å². The number of carbonyl (C=O) groups is 2. The zero-order valence-corrected chi connectivity index (χ0v) is 12.4. The van der Waals surface area contributed by atoms with Gasteiger partial charge in [0.1, 0.15) is 13.2 Å². The molecule has 1 aliphatic rings. The van der Waals surface area contributed by atoms with E-state index in [1.165, 1.54) is 11.0 Å². The first-order valence-electron chi connectivity index (χ1n) is 6.55. The van der Waals surface area contributed by atoms with Crippen molar-refractivity contribution in [3.05, 3.63) is 22.7 Å². The zero-order valence-electron chi connectivity index (χ0n) is 11.6. The molecule has 1 amide bonds. The molecule has 0 radical (unpaired) electrons. The minimum Gasteiger partial charge on any atom is -0.486 e. The number of nitrogens with zero attached hydrogens (tertiary/aromatic N) is 1. The summed E-state index contributed by atoms with van der Waals surface area (Å²) in [7, 11) is 1.62. The molecule has 0 aliphatic carbocycles. The molecule has 0 aromatic heterocycles. The highest BCUT2D eigenvalue weighted by Gasteiger charge is 2.20. The van der Waals surface area contributed by atoms with Gasteiger partial charge < -0.3 is 19.5 Å². The van der Waals surface area contributed by atoms with Crippen molar-refractivity contribution < 1.29 is 24.2 Å². The van der Waals surface area contributed by atoms with Crippen LogP contribution in [0.25, 0.3) is 0 Å². The molecule has 0 atom stereocenters. The quantitative estimate of drug-likeness (QED) is 0.900. The van der Waals surface area contributed by atoms with Crippen molar-refractivity contribution in [2.75, 3.05) is 26.8 Å². The van der Waals surface area contributed by atoms with Crippen LogP contribution in [0.15, 0.2) is 12.1 Å². The van der Waals surface area contributed by atoms with E-state index in [4.69, 9.17) is 26.2 Å². The zero-order chi connectivity index (χ0) is 15.4. The summed E-state index contributed by atoms with van der Waals surface area (Å²) in [5.74, 6) is -0.207. The van der Waals surface area contributed by atoms with E-state index in [9.17, 15) is 9.59 Å². The summed E-state index contributed by atoms with van der Waals surface area (Å²) in [6, 6.07) is 3.13. The average molecular weight is 314 g/mol. The topological polar surface area (TPSA) is 76.1 Å². The Morgan fingerprint density at radius 1 is 1.33 bits per heavy atom. The van der Waals surface area contributed by atoms with E-state index in [-0.39, 0.29) is 12.3 Å². The van der Waals surface area contributed by atoms with Crippen LogP contribution in [0, 0.1) is 0 Å². The van der Waals surface area contributed by atoms with Gasteiger partial charge in [-0.05, 0) is 18.6 Å². The summed E-state index contributed by atoms with van der Waals surface area (Å²) >= 11 is 6.09. The Labute approximate surface area is 127 Å². The molecule has 6 nitrogen and oxygen atoms in total. The third-order valence-electron chi connectivity index (χ3n) is 3.07. The Kier molecular flexibility index (Phi) is 4.90. The van der Waals surface area contributed by atoms with E-state index in [2.05, 4.69) is 0 Å². The summed E-state index contributed by atoms with van der Waals surface area (Å²) < 4.78 is 10.8. The van der Waals surface area contributed by atoms with Crippen molar-refractivity contribution in [1.82, 2.24) is 4.90 Å². The normalized spacial score (nSPS) is 12.9. The minimum absolute atomic E-state index is 0.0273. The molecule has 1 aromatic carbocycles. The Balaban J connectivity index is 2.08. The Hall–Kier alpha value is -1.95. The number of hydrogen-bond acceptors (Lipinski definition) is 4. The summed E-state index contributed by atoms with van der Waals surface area (Å²) in [5.41, 5.74) is 0.391. The smallest absolute Gasteiger partial charge is 0.303 e. The first-order valence-corrected chi connectivity index (χ1v) is 6.93. The van der Waals surface area contributed by atoms with Crippen molar-refractivity contribution in [2.24, 2.45) is 0 Å². The van der Waals surface area contributed by atoms with Gasteiger partial charge in [0.15, 0.2) is 11.5 Å². The molecule has 0 unspecified atom stereocenters. The van der Waals surface area contributed by atoms with Gasteiger partial charge >= 0.3 is 5.97 Å². The molecule has 1 heterocycles. The standard InChI is InChI=1S/C14H16ClNO5/c1-16(4-2-3-12(17)18)14(19)9-7-10(15)13-11(8-9)20-5-6-21-13/h7-8H,2-6H2,1H3,(H,17,18). The van der Waals surface area contributed by atoms with Crippen molar-refractivity contribution in [3.8, 4) is 11.5 Å². The first-order chi connectivity index (χ1) is 9.99. The molecule has 0 spiro atoms. The third-order valence-corrected chi connectivity index (χ3v) is 3.36. The molecule has 1 aromatic rings. The van der Waals surface area contributed by atoms with Gasteiger partial charge in [0.25, 0.3) is 5.91 Å². The molecule has 0 saturated heterocycles. The van der Waals surface area contributed by atoms with Crippen molar-refractivity contribution in [2.45, 2.75) is 12.8 Å². The highest BCUT2D eigenvalue weighted by atomic mass is 35.5. The van der Waals surface area contributed by atoms with E-state index >= 15 is 0 Å². The number of fused-ring (bicyclic) bond motifs is 1. The molecular formula is C14H16ClNO5. The molecule has 1 aliphatic heterocycles. The summed E-state index contributed by atoms with van der Waals surface area (Å²) in [5, 5.41) is 8.93. The number of ether oxygens (including phenoxy) is 2. The van der Waals surface area contributed by atoms with Gasteiger partial charge in [-0.25, -0.2) is 0 Å². The van der Waals surface area contributed by atoms with E-state index in [1.54, 1.807) is 13.1 Å². The number of aliphatic carboxylic acids is 1. The Morgan fingerprint density at radius 2 is 2.05 bits per heavy atom. The van der Waals surface area contributed by atoms with Crippen LogP contribution in [0.3, 0.4) is 0 Å². The second-order valence-corrected chi connectivity index (χ2v) is 5.11. The van der Waals surface area contributed by atoms with Crippen molar-refractivity contribution >= 4 is 23.5 Å². The summed E-state index contributed by atoms with van der Waals surface area (Å²) in [6.07, 6.45) is 0.426. The fourth-order valence-electron chi connectivity index (χ4n) is 2.02. The van der Waals surface area contributed by atoms with Gasteiger partial charge in [-0.2, -0.15) is 0 Å². The molecule has 21 heavy (non-hydrogen) atoms. The van der Waals surface area contributed by atoms with Crippen LogP contribution in [0.5, 0.6) is 11.5 Å². The maximum absolute atomic E-state index is 12.3. The van der Waals surface area contributed by atoms with E-state index in [0.717, 1.165) is 0 Å². The number of carboxylic acid groups (broad SMARTS) is 1. The van der Waals surface area contributed by atoms with Gasteiger partial charge in [0, 0.05) is 25.6 Å². The van der Waals surface area contributed by atoms with Crippen LogP contribution in [-0.2, 0) is 4.79 Å². The number of amides is 1. The highest BCUT2D eigenvalue weighted by Crippen LogP contribution is 2.38. The van der Waals surface area contributed by atoms with Gasteiger partial charge in [-0.15, -0.1) is 0 Å². The van der Waals surface area contributed by atoms with Gasteiger partial charge in [0.2, 0.25) is 0 Å². The molecule has 0 fully saturated rings. The van der Waals surface area contributed by atoms with Crippen LogP contribution < -0.4 is 9.47 Å². The molecule has 0 saturated carbocycles. The second kappa shape index (κ2) is 6.67. The number of hydrogen-bond donors (Lipinski definition) is 1. The number of rotatable bonds is 5. The predicted octanol–water partition coefficient (Wildman–Crippen LogP) is 2.05. The lowest BCUT2D eigenvalue weighted by molar-refractivity contribution is -0.137. The molecule has 0 bridgehead atoms. The summed E-state index contributed by atoms with van der Waals surface area (Å²) in [4.78, 5) is 24.2. The predicted molar refractivity (Wildman–Crippen MR) is 76.3 cm³/mol. The fraction of sp³-hybridized carbons (Fsp3) is 0.429. The lowest BCUT2D eigenvalue weighted by Crippen LogP contribution is -2.28. The van der Waals surface area contributed by atoms with E-state index in [0.29, 0.717) is 48.3 Å². The van der Waals surface area contributed by atoms with Crippen molar-refractivity contribution in [1.29, 1.82) is 0 Å². The van der Waals surface area contributed by atoms with Crippen LogP contribution in [0.1, 0.15) is 23.2 Å². The van der Waals surface area contributed by atoms with Gasteiger partial charge in [-0.3, -0.25) is 9.59 Å². The van der Waals surface area contributed by atoms with E-state index in [1.807, 2.05) is 0 Å². The number of carboxylic acids is 1. The minimum atomic E-state index is -0.877. The Bertz CT molecular complexity index is 561. The lowest BCUT2D eigenvalue weighted by Gasteiger charge is -2.22. The number of halogens is 1. The van der Waals surface area contributed by atoms with Crippen molar-refractivity contribution in [3.63, 3.8) is 0 Å². The number of benzene rings is 1.